The molecule has 4 heterocycles. The van der Waals surface area contributed by atoms with Crippen molar-refractivity contribution in [2.24, 2.45) is 11.8 Å². The van der Waals surface area contributed by atoms with Gasteiger partial charge in [-0.15, -0.1) is 0 Å². The van der Waals surface area contributed by atoms with Crippen molar-refractivity contribution in [3.8, 4) is 0 Å². The minimum absolute atomic E-state index is 0.139. The molecule has 0 aliphatic carbocycles. The molecular formula is C27H22ClN3O3. The van der Waals surface area contributed by atoms with E-state index in [-0.39, 0.29) is 23.8 Å². The van der Waals surface area contributed by atoms with Gasteiger partial charge in [-0.3, -0.25) is 19.3 Å². The van der Waals surface area contributed by atoms with Gasteiger partial charge in [0, 0.05) is 16.6 Å². The predicted octanol–water partition coefficient (Wildman–Crippen LogP) is 4.23. The number of nitrogens with zero attached hydrogens (tertiary/aromatic N) is 2. The summed E-state index contributed by atoms with van der Waals surface area (Å²) in [7, 11) is 0. The Balaban J connectivity index is 1.42. The summed E-state index contributed by atoms with van der Waals surface area (Å²) < 4.78 is 0. The van der Waals surface area contributed by atoms with Crippen molar-refractivity contribution in [1.29, 1.82) is 0 Å². The van der Waals surface area contributed by atoms with E-state index < -0.39 is 17.4 Å². The Hall–Kier alpha value is -3.22. The maximum absolute atomic E-state index is 14.1. The first-order valence-electron chi connectivity index (χ1n) is 11.7. The number of fused-ring (bicyclic) bond motifs is 8. The van der Waals surface area contributed by atoms with E-state index in [1.165, 1.54) is 4.90 Å². The molecule has 7 heteroatoms. The van der Waals surface area contributed by atoms with E-state index in [9.17, 15) is 14.4 Å². The Morgan fingerprint density at radius 2 is 1.79 bits per heavy atom. The highest BCUT2D eigenvalue weighted by molar-refractivity contribution is 6.32. The number of rotatable bonds is 1. The molecule has 7 rings (SSSR count). The summed E-state index contributed by atoms with van der Waals surface area (Å²) in [6, 6.07) is 17.0. The predicted molar refractivity (Wildman–Crippen MR) is 130 cm³/mol. The zero-order chi connectivity index (χ0) is 23.4. The molecule has 4 aliphatic heterocycles. The lowest BCUT2D eigenvalue weighted by Crippen LogP contribution is -2.54. The van der Waals surface area contributed by atoms with Gasteiger partial charge in [0.05, 0.1) is 23.2 Å². The van der Waals surface area contributed by atoms with E-state index >= 15 is 0 Å². The molecule has 1 N–H and O–H groups in total. The Bertz CT molecular complexity index is 1450. The van der Waals surface area contributed by atoms with Crippen molar-refractivity contribution < 1.29 is 14.4 Å². The maximum Gasteiger partial charge on any atom is 0.250 e. The lowest BCUT2D eigenvalue weighted by atomic mass is 9.75. The first-order valence-corrected chi connectivity index (χ1v) is 12.1. The molecule has 0 saturated carbocycles. The summed E-state index contributed by atoms with van der Waals surface area (Å²) in [6.45, 7) is 2.56. The second kappa shape index (κ2) is 6.68. The van der Waals surface area contributed by atoms with E-state index in [1.54, 1.807) is 6.07 Å². The highest BCUT2D eigenvalue weighted by atomic mass is 35.5. The van der Waals surface area contributed by atoms with Crippen LogP contribution in [0.5, 0.6) is 0 Å². The fourth-order valence-corrected chi connectivity index (χ4v) is 7.12. The monoisotopic (exact) mass is 471 g/mol. The number of nitrogens with one attached hydrogen (secondary N) is 1. The second-order valence-corrected chi connectivity index (χ2v) is 10.2. The fraction of sp³-hybridized carbons (Fsp3) is 0.296. The van der Waals surface area contributed by atoms with Crippen LogP contribution in [-0.4, -0.2) is 35.2 Å². The third kappa shape index (κ3) is 2.23. The molecule has 1 spiro atoms. The Morgan fingerprint density at radius 1 is 1.00 bits per heavy atom. The molecule has 34 heavy (non-hydrogen) atoms. The normalized spacial score (nSPS) is 29.8. The molecule has 0 bridgehead atoms. The van der Waals surface area contributed by atoms with Gasteiger partial charge in [-0.05, 0) is 60.8 Å². The third-order valence-corrected chi connectivity index (χ3v) is 8.76. The minimum atomic E-state index is -1.19. The van der Waals surface area contributed by atoms with Crippen LogP contribution in [0.15, 0.2) is 54.6 Å². The summed E-state index contributed by atoms with van der Waals surface area (Å²) in [5.74, 6) is -2.04. The van der Waals surface area contributed by atoms with Crippen LogP contribution in [0.1, 0.15) is 24.0 Å². The summed E-state index contributed by atoms with van der Waals surface area (Å²) in [4.78, 5) is 45.2. The number of imide groups is 1. The van der Waals surface area contributed by atoms with E-state index in [1.807, 2.05) is 55.5 Å². The molecule has 3 saturated heterocycles. The van der Waals surface area contributed by atoms with Crippen molar-refractivity contribution in [3.63, 3.8) is 0 Å². The largest absolute Gasteiger partial charge is 0.324 e. The molecular weight excluding hydrogens is 450 g/mol. The van der Waals surface area contributed by atoms with Gasteiger partial charge in [0.15, 0.2) is 0 Å². The number of hydrogen-bond acceptors (Lipinski definition) is 4. The Kier molecular flexibility index (Phi) is 3.96. The van der Waals surface area contributed by atoms with Crippen molar-refractivity contribution >= 4 is 51.5 Å². The number of carbonyl (C=O) groups is 3. The van der Waals surface area contributed by atoms with Gasteiger partial charge in [0.25, 0.3) is 0 Å². The molecule has 3 aromatic rings. The molecule has 4 aliphatic rings. The standard InChI is InChI=1S/C27H22ClN3O3/c1-14-19(28)11-10-18-23(14)29-26(34)27(18)22-21(20-7-4-12-30(20)27)24(32)31(25(22)33)17-9-8-15-5-2-3-6-16(15)13-17/h2-3,5-6,8-11,13,20-22H,4,7,12H2,1H3,(H,29,34)/t20-,21-,22-,27+/m1/s1. The van der Waals surface area contributed by atoms with Gasteiger partial charge in [-0.1, -0.05) is 48.0 Å². The topological polar surface area (TPSA) is 69.7 Å². The van der Waals surface area contributed by atoms with E-state index in [2.05, 4.69) is 10.2 Å². The van der Waals surface area contributed by atoms with Gasteiger partial charge in [-0.25, -0.2) is 4.90 Å². The summed E-state index contributed by atoms with van der Waals surface area (Å²) in [5, 5.41) is 5.60. The first kappa shape index (κ1) is 20.2. The zero-order valence-electron chi connectivity index (χ0n) is 18.5. The van der Waals surface area contributed by atoms with Gasteiger partial charge in [0.2, 0.25) is 17.7 Å². The lowest BCUT2D eigenvalue weighted by molar-refractivity contribution is -0.135. The molecule has 0 radical (unpaired) electrons. The highest BCUT2D eigenvalue weighted by Crippen LogP contribution is 2.61. The smallest absolute Gasteiger partial charge is 0.250 e. The summed E-state index contributed by atoms with van der Waals surface area (Å²) >= 11 is 6.37. The molecule has 4 atom stereocenters. The van der Waals surface area contributed by atoms with E-state index in [4.69, 9.17) is 11.6 Å². The van der Waals surface area contributed by atoms with Gasteiger partial charge in [0.1, 0.15) is 5.54 Å². The number of hydrogen-bond donors (Lipinski definition) is 1. The molecule has 0 aromatic heterocycles. The van der Waals surface area contributed by atoms with Crippen LogP contribution in [0, 0.1) is 18.8 Å². The van der Waals surface area contributed by atoms with Crippen LogP contribution in [0.3, 0.4) is 0 Å². The van der Waals surface area contributed by atoms with Gasteiger partial charge >= 0.3 is 0 Å². The van der Waals surface area contributed by atoms with Crippen LogP contribution in [0.2, 0.25) is 5.02 Å². The van der Waals surface area contributed by atoms with Crippen molar-refractivity contribution in [1.82, 2.24) is 4.90 Å². The number of benzene rings is 3. The quantitative estimate of drug-likeness (QED) is 0.539. The van der Waals surface area contributed by atoms with E-state index in [0.717, 1.165) is 34.7 Å². The second-order valence-electron chi connectivity index (χ2n) is 9.77. The number of anilines is 2. The number of amides is 3. The van der Waals surface area contributed by atoms with Crippen molar-refractivity contribution in [3.05, 3.63) is 70.7 Å². The molecule has 3 fully saturated rings. The van der Waals surface area contributed by atoms with Crippen LogP contribution < -0.4 is 10.2 Å². The summed E-state index contributed by atoms with van der Waals surface area (Å²) in [6.07, 6.45) is 1.69. The Labute approximate surface area is 201 Å². The average molecular weight is 472 g/mol. The van der Waals surface area contributed by atoms with Crippen LogP contribution in [0.4, 0.5) is 11.4 Å². The average Bonchev–Trinajstić information content (AvgIpc) is 3.55. The van der Waals surface area contributed by atoms with E-state index in [0.29, 0.717) is 22.9 Å². The molecule has 3 amide bonds. The Morgan fingerprint density at radius 3 is 2.62 bits per heavy atom. The first-order chi connectivity index (χ1) is 16.4. The molecule has 0 unspecified atom stereocenters. The van der Waals surface area contributed by atoms with Crippen LogP contribution in [0.25, 0.3) is 10.8 Å². The maximum atomic E-state index is 14.1. The van der Waals surface area contributed by atoms with Gasteiger partial charge < -0.3 is 5.32 Å². The van der Waals surface area contributed by atoms with Gasteiger partial charge in [-0.2, -0.15) is 0 Å². The minimum Gasteiger partial charge on any atom is -0.324 e. The molecule has 170 valence electrons. The number of carbonyl (C=O) groups excluding carboxylic acids is 3. The van der Waals surface area contributed by atoms with Crippen LogP contribution >= 0.6 is 11.6 Å². The van der Waals surface area contributed by atoms with Crippen molar-refractivity contribution in [2.75, 3.05) is 16.8 Å². The van der Waals surface area contributed by atoms with Crippen LogP contribution in [-0.2, 0) is 19.9 Å². The highest BCUT2D eigenvalue weighted by Gasteiger charge is 2.74. The zero-order valence-corrected chi connectivity index (χ0v) is 19.3. The summed E-state index contributed by atoms with van der Waals surface area (Å²) in [5.41, 5.74) is 1.60. The molecule has 3 aromatic carbocycles. The SMILES string of the molecule is Cc1c(Cl)ccc2c1NC(=O)[C@@]21[C@H]2C(=O)N(c3ccc4ccccc4c3)C(=O)[C@@H]2[C@H]2CCCN21. The fourth-order valence-electron chi connectivity index (χ4n) is 6.96. The molecule has 6 nitrogen and oxygen atoms in total. The lowest BCUT2D eigenvalue weighted by Gasteiger charge is -2.36. The third-order valence-electron chi connectivity index (χ3n) is 8.35. The van der Waals surface area contributed by atoms with Crippen molar-refractivity contribution in [2.45, 2.75) is 31.3 Å². The number of halogens is 1.